The van der Waals surface area contributed by atoms with Crippen LogP contribution in [-0.4, -0.2) is 19.4 Å². The third kappa shape index (κ3) is 3.21. The van der Waals surface area contributed by atoms with E-state index in [0.29, 0.717) is 22.5 Å². The molecular formula is C18H17NO4S2. The van der Waals surface area contributed by atoms with Crippen molar-refractivity contribution in [2.75, 3.05) is 0 Å². The quantitative estimate of drug-likeness (QED) is 0.598. The van der Waals surface area contributed by atoms with Crippen LogP contribution in [0, 0.1) is 0 Å². The molecule has 0 N–H and O–H groups in total. The lowest BCUT2D eigenvalue weighted by atomic mass is 9.98. The maximum atomic E-state index is 13.1. The van der Waals surface area contributed by atoms with E-state index in [1.807, 2.05) is 24.3 Å². The number of hydrogen-bond acceptors (Lipinski definition) is 5. The number of ketones is 1. The van der Waals surface area contributed by atoms with Crippen LogP contribution in [0.1, 0.15) is 46.0 Å². The molecule has 2 aromatic rings. The van der Waals surface area contributed by atoms with E-state index in [1.165, 1.54) is 6.20 Å². The summed E-state index contributed by atoms with van der Waals surface area (Å²) in [5, 5.41) is 7.89. The fourth-order valence-electron chi connectivity index (χ4n) is 3.02. The van der Waals surface area contributed by atoms with Crippen LogP contribution in [0.3, 0.4) is 0 Å². The molecule has 1 fully saturated rings. The molecule has 1 aromatic carbocycles. The Morgan fingerprint density at radius 1 is 1.20 bits per heavy atom. The fourth-order valence-corrected chi connectivity index (χ4v) is 5.51. The van der Waals surface area contributed by atoms with Crippen molar-refractivity contribution < 1.29 is 17.7 Å². The van der Waals surface area contributed by atoms with Crippen LogP contribution in [-0.2, 0) is 16.5 Å². The molecule has 1 aliphatic carbocycles. The molecule has 2 aliphatic rings. The first-order chi connectivity index (χ1) is 12.1. The maximum Gasteiger partial charge on any atom is 0.198 e. The van der Waals surface area contributed by atoms with E-state index in [-0.39, 0.29) is 17.5 Å². The predicted octanol–water partition coefficient (Wildman–Crippen LogP) is 3.30. The molecule has 0 radical (unpaired) electrons. The van der Waals surface area contributed by atoms with Gasteiger partial charge in [-0.15, -0.1) is 0 Å². The summed E-state index contributed by atoms with van der Waals surface area (Å²) in [7, 11) is -3.36. The molecule has 7 heteroatoms. The van der Waals surface area contributed by atoms with Gasteiger partial charge in [0, 0.05) is 11.5 Å². The number of carbonyl (C=O) groups excluding carboxylic acids is 1. The molecule has 1 aliphatic heterocycles. The molecule has 0 spiro atoms. The van der Waals surface area contributed by atoms with Gasteiger partial charge in [0.2, 0.25) is 0 Å². The molecule has 0 unspecified atom stereocenters. The molecule has 1 aromatic heterocycles. The molecule has 0 atom stereocenters. The Bertz CT molecular complexity index is 947. The molecule has 1 saturated carbocycles. The van der Waals surface area contributed by atoms with Crippen LogP contribution in [0.25, 0.3) is 0 Å². The normalized spacial score (nSPS) is 17.6. The molecule has 2 heterocycles. The summed E-state index contributed by atoms with van der Waals surface area (Å²) in [4.78, 5) is 14.0. The first kappa shape index (κ1) is 16.4. The van der Waals surface area contributed by atoms with Crippen molar-refractivity contribution in [3.05, 3.63) is 69.8 Å². The van der Waals surface area contributed by atoms with Gasteiger partial charge in [-0.2, -0.15) is 10.9 Å². The van der Waals surface area contributed by atoms with Gasteiger partial charge in [0.15, 0.2) is 11.5 Å². The Morgan fingerprint density at radius 3 is 2.64 bits per heavy atom. The van der Waals surface area contributed by atoms with Crippen molar-refractivity contribution in [2.45, 2.75) is 29.4 Å². The minimum atomic E-state index is -2.64. The third-order valence-electron chi connectivity index (χ3n) is 4.36. The third-order valence-corrected chi connectivity index (χ3v) is 6.89. The Morgan fingerprint density at radius 2 is 1.96 bits per heavy atom. The van der Waals surface area contributed by atoms with Crippen LogP contribution in [0.15, 0.2) is 56.8 Å². The summed E-state index contributed by atoms with van der Waals surface area (Å²) in [5.41, 5.74) is 1.47. The van der Waals surface area contributed by atoms with Gasteiger partial charge in [-0.05, 0) is 40.2 Å². The number of carbonyl (C=O) groups is 1. The number of thiol groups is 2. The zero-order valence-corrected chi connectivity index (χ0v) is 15.1. The van der Waals surface area contributed by atoms with Crippen molar-refractivity contribution in [3.8, 4) is 0 Å². The Labute approximate surface area is 149 Å². The van der Waals surface area contributed by atoms with Gasteiger partial charge in [0.25, 0.3) is 0 Å². The zero-order valence-electron chi connectivity index (χ0n) is 13.3. The van der Waals surface area contributed by atoms with Gasteiger partial charge in [0.05, 0.1) is 17.5 Å². The zero-order chi connectivity index (χ0) is 17.4. The second-order valence-corrected chi connectivity index (χ2v) is 8.97. The fraction of sp³-hybridized carbons (Fsp3) is 0.222. The standard InChI is InChI=1S/C18H17NO4S2/c20-17(14-10-19-23-18(14)12-6-7-12)13-4-3-5-16(15(13)11-25(21)22)24-8-1-2-9-24/h1-5,8-10,12,24-25H,6-7,11H2. The summed E-state index contributed by atoms with van der Waals surface area (Å²) in [5.74, 6) is 0.532. The van der Waals surface area contributed by atoms with Crippen molar-refractivity contribution in [1.29, 1.82) is 0 Å². The van der Waals surface area contributed by atoms with Crippen LogP contribution in [0.4, 0.5) is 0 Å². The van der Waals surface area contributed by atoms with E-state index in [2.05, 4.69) is 16.0 Å². The van der Waals surface area contributed by atoms with Gasteiger partial charge in [0.1, 0.15) is 10.7 Å². The van der Waals surface area contributed by atoms with Crippen LogP contribution < -0.4 is 0 Å². The summed E-state index contributed by atoms with van der Waals surface area (Å²) >= 11 is 0. The first-order valence-corrected chi connectivity index (χ1v) is 10.9. The van der Waals surface area contributed by atoms with Gasteiger partial charge in [-0.1, -0.05) is 29.4 Å². The number of rotatable bonds is 6. The van der Waals surface area contributed by atoms with E-state index in [9.17, 15) is 13.2 Å². The molecule has 25 heavy (non-hydrogen) atoms. The van der Waals surface area contributed by atoms with Crippen LogP contribution >= 0.6 is 10.9 Å². The molecule has 130 valence electrons. The van der Waals surface area contributed by atoms with E-state index in [0.717, 1.165) is 17.7 Å². The number of hydrogen-bond donors (Lipinski definition) is 2. The average Bonchev–Trinajstić information content (AvgIpc) is 3.11. The van der Waals surface area contributed by atoms with E-state index in [4.69, 9.17) is 4.52 Å². The highest BCUT2D eigenvalue weighted by Gasteiger charge is 2.33. The summed E-state index contributed by atoms with van der Waals surface area (Å²) in [6.45, 7) is 0. The van der Waals surface area contributed by atoms with E-state index < -0.39 is 21.6 Å². The second-order valence-electron chi connectivity index (χ2n) is 6.09. The minimum Gasteiger partial charge on any atom is -0.360 e. The van der Waals surface area contributed by atoms with Crippen LogP contribution in [0.5, 0.6) is 0 Å². The van der Waals surface area contributed by atoms with E-state index in [1.54, 1.807) is 6.07 Å². The summed E-state index contributed by atoms with van der Waals surface area (Å²) < 4.78 is 28.2. The summed E-state index contributed by atoms with van der Waals surface area (Å²) in [6.07, 6.45) is 7.34. The van der Waals surface area contributed by atoms with Gasteiger partial charge >= 0.3 is 0 Å². The van der Waals surface area contributed by atoms with Crippen molar-refractivity contribution in [2.24, 2.45) is 0 Å². The number of aromatic nitrogens is 1. The SMILES string of the molecule is O=C(c1cnoc1C1CC1)c1cccc([SH]2C=CC=C2)c1C[SH](=O)=O. The van der Waals surface area contributed by atoms with Gasteiger partial charge in [-0.3, -0.25) is 4.79 Å². The molecule has 0 amide bonds. The highest BCUT2D eigenvalue weighted by atomic mass is 32.2. The van der Waals surface area contributed by atoms with Gasteiger partial charge < -0.3 is 4.52 Å². The van der Waals surface area contributed by atoms with Crippen molar-refractivity contribution in [1.82, 2.24) is 5.16 Å². The molecule has 0 saturated heterocycles. The predicted molar refractivity (Wildman–Crippen MR) is 97.9 cm³/mol. The lowest BCUT2D eigenvalue weighted by Crippen LogP contribution is -2.09. The Hall–Kier alpha value is -2.12. The number of nitrogens with zero attached hydrogens (tertiary/aromatic N) is 1. The molecule has 0 bridgehead atoms. The smallest absolute Gasteiger partial charge is 0.198 e. The number of benzene rings is 1. The largest absolute Gasteiger partial charge is 0.360 e. The Balaban J connectivity index is 1.81. The van der Waals surface area contributed by atoms with Crippen molar-refractivity contribution in [3.63, 3.8) is 0 Å². The second kappa shape index (κ2) is 6.65. The lowest BCUT2D eigenvalue weighted by Gasteiger charge is -2.17. The highest BCUT2D eigenvalue weighted by molar-refractivity contribution is 8.22. The monoisotopic (exact) mass is 375 g/mol. The van der Waals surface area contributed by atoms with Crippen LogP contribution in [0.2, 0.25) is 0 Å². The maximum absolute atomic E-state index is 13.1. The van der Waals surface area contributed by atoms with Gasteiger partial charge in [-0.25, -0.2) is 8.42 Å². The summed E-state index contributed by atoms with van der Waals surface area (Å²) in [6, 6.07) is 5.42. The molecule has 4 rings (SSSR count). The average molecular weight is 375 g/mol. The lowest BCUT2D eigenvalue weighted by molar-refractivity contribution is 0.103. The molecule has 5 nitrogen and oxygen atoms in total. The highest BCUT2D eigenvalue weighted by Crippen LogP contribution is 2.46. The van der Waals surface area contributed by atoms with Crippen molar-refractivity contribution >= 4 is 27.4 Å². The minimum absolute atomic E-state index is 0.142. The molecular weight excluding hydrogens is 358 g/mol. The first-order valence-electron chi connectivity index (χ1n) is 8.01. The number of allylic oxidation sites excluding steroid dienone is 2. The Kier molecular flexibility index (Phi) is 4.35. The van der Waals surface area contributed by atoms with E-state index >= 15 is 0 Å². The topological polar surface area (TPSA) is 77.2 Å².